The van der Waals surface area contributed by atoms with E-state index in [4.69, 9.17) is 11.6 Å². The SMILES string of the molecule is O=C(NC1(C(F)F)CC1)c1nnc(Cl)s1. The maximum Gasteiger partial charge on any atom is 0.282 e. The molecule has 1 fully saturated rings. The summed E-state index contributed by atoms with van der Waals surface area (Å²) in [4.78, 5) is 11.4. The number of carbonyl (C=O) groups is 1. The van der Waals surface area contributed by atoms with Crippen molar-refractivity contribution in [3.63, 3.8) is 0 Å². The molecule has 0 atom stereocenters. The predicted molar refractivity (Wildman–Crippen MR) is 50.4 cm³/mol. The van der Waals surface area contributed by atoms with Gasteiger partial charge in [0.15, 0.2) is 0 Å². The normalized spacial score (nSPS) is 17.9. The standard InChI is InChI=1S/C7H6ClF2N3OS/c8-6-13-12-4(15-6)3(14)11-7(1-2-7)5(9)10/h5H,1-2H2,(H,11,14). The van der Waals surface area contributed by atoms with Crippen molar-refractivity contribution < 1.29 is 13.6 Å². The van der Waals surface area contributed by atoms with Gasteiger partial charge >= 0.3 is 0 Å². The van der Waals surface area contributed by atoms with Gasteiger partial charge in [-0.05, 0) is 24.4 Å². The molecule has 0 spiro atoms. The molecule has 0 unspecified atom stereocenters. The van der Waals surface area contributed by atoms with E-state index in [1.54, 1.807) is 0 Å². The smallest absolute Gasteiger partial charge is 0.282 e. The van der Waals surface area contributed by atoms with Crippen LogP contribution in [0.2, 0.25) is 4.47 Å². The van der Waals surface area contributed by atoms with Gasteiger partial charge in [0, 0.05) is 0 Å². The summed E-state index contributed by atoms with van der Waals surface area (Å²) in [5, 5.41) is 9.15. The summed E-state index contributed by atoms with van der Waals surface area (Å²) < 4.78 is 25.1. The van der Waals surface area contributed by atoms with Gasteiger partial charge in [0.05, 0.1) is 0 Å². The Hall–Kier alpha value is -0.820. The summed E-state index contributed by atoms with van der Waals surface area (Å²) in [5.74, 6) is -0.641. The van der Waals surface area contributed by atoms with E-state index in [-0.39, 0.29) is 9.47 Å². The highest BCUT2D eigenvalue weighted by molar-refractivity contribution is 7.17. The maximum absolute atomic E-state index is 12.5. The summed E-state index contributed by atoms with van der Waals surface area (Å²) in [6.45, 7) is 0. The number of carbonyl (C=O) groups excluding carboxylic acids is 1. The molecule has 1 aromatic rings. The van der Waals surface area contributed by atoms with Crippen molar-refractivity contribution in [1.82, 2.24) is 15.5 Å². The zero-order chi connectivity index (χ0) is 11.1. The summed E-state index contributed by atoms with van der Waals surface area (Å²) in [6, 6.07) is 0. The number of hydrogen-bond donors (Lipinski definition) is 1. The lowest BCUT2D eigenvalue weighted by atomic mass is 10.3. The second kappa shape index (κ2) is 3.64. The number of aromatic nitrogens is 2. The highest BCUT2D eigenvalue weighted by Crippen LogP contribution is 2.41. The van der Waals surface area contributed by atoms with Crippen molar-refractivity contribution in [2.45, 2.75) is 24.8 Å². The van der Waals surface area contributed by atoms with Crippen LogP contribution in [0, 0.1) is 0 Å². The van der Waals surface area contributed by atoms with Crippen LogP contribution in [0.5, 0.6) is 0 Å². The summed E-state index contributed by atoms with van der Waals surface area (Å²) in [5.41, 5.74) is -1.35. The molecule has 8 heteroatoms. The number of hydrogen-bond acceptors (Lipinski definition) is 4. The summed E-state index contributed by atoms with van der Waals surface area (Å²) >= 11 is 6.33. The second-order valence-electron chi connectivity index (χ2n) is 3.27. The molecule has 1 aliphatic rings. The molecule has 4 nitrogen and oxygen atoms in total. The van der Waals surface area contributed by atoms with E-state index in [1.807, 2.05) is 0 Å². The van der Waals surface area contributed by atoms with Gasteiger partial charge in [0.2, 0.25) is 9.47 Å². The number of rotatable bonds is 3. The van der Waals surface area contributed by atoms with Crippen LogP contribution >= 0.6 is 22.9 Å². The Balaban J connectivity index is 2.04. The Kier molecular flexibility index (Phi) is 2.59. The lowest BCUT2D eigenvalue weighted by molar-refractivity contribution is 0.0679. The Morgan fingerprint density at radius 2 is 2.20 bits per heavy atom. The van der Waals surface area contributed by atoms with Gasteiger partial charge < -0.3 is 5.32 Å². The third-order valence-electron chi connectivity index (χ3n) is 2.16. The van der Waals surface area contributed by atoms with Crippen LogP contribution in [-0.4, -0.2) is 28.1 Å². The number of nitrogens with one attached hydrogen (secondary N) is 1. The fourth-order valence-corrected chi connectivity index (χ4v) is 1.83. The third kappa shape index (κ3) is 2.07. The Morgan fingerprint density at radius 3 is 2.60 bits per heavy atom. The lowest BCUT2D eigenvalue weighted by Gasteiger charge is -2.14. The number of amides is 1. The highest BCUT2D eigenvalue weighted by Gasteiger charge is 2.52. The minimum Gasteiger partial charge on any atom is -0.339 e. The van der Waals surface area contributed by atoms with Crippen molar-refractivity contribution in [1.29, 1.82) is 0 Å². The van der Waals surface area contributed by atoms with Crippen LogP contribution in [0.25, 0.3) is 0 Å². The molecule has 1 aromatic heterocycles. The molecule has 1 amide bonds. The van der Waals surface area contributed by atoms with Crippen LogP contribution in [-0.2, 0) is 0 Å². The first-order chi connectivity index (χ1) is 7.03. The molecule has 0 saturated heterocycles. The molecular formula is C7H6ClF2N3OS. The van der Waals surface area contributed by atoms with Gasteiger partial charge in [0.1, 0.15) is 5.54 Å². The molecule has 1 N–H and O–H groups in total. The average Bonchev–Trinajstić information content (AvgIpc) is 2.82. The predicted octanol–water partition coefficient (Wildman–Crippen LogP) is 1.72. The van der Waals surface area contributed by atoms with E-state index < -0.39 is 17.9 Å². The number of nitrogens with zero attached hydrogens (tertiary/aromatic N) is 2. The molecule has 82 valence electrons. The fraction of sp³-hybridized carbons (Fsp3) is 0.571. The van der Waals surface area contributed by atoms with Crippen LogP contribution in [0.3, 0.4) is 0 Å². The molecule has 2 rings (SSSR count). The zero-order valence-electron chi connectivity index (χ0n) is 7.34. The summed E-state index contributed by atoms with van der Waals surface area (Å²) in [6.07, 6.45) is -1.96. The zero-order valence-corrected chi connectivity index (χ0v) is 8.91. The maximum atomic E-state index is 12.5. The molecule has 0 bridgehead atoms. The molecule has 15 heavy (non-hydrogen) atoms. The molecular weight excluding hydrogens is 248 g/mol. The monoisotopic (exact) mass is 253 g/mol. The van der Waals surface area contributed by atoms with Crippen molar-refractivity contribution >= 4 is 28.8 Å². The van der Waals surface area contributed by atoms with Crippen LogP contribution in [0.1, 0.15) is 22.6 Å². The van der Waals surface area contributed by atoms with E-state index >= 15 is 0 Å². The minimum atomic E-state index is -2.55. The Bertz CT molecular complexity index is 393. The van der Waals surface area contributed by atoms with E-state index in [0.29, 0.717) is 12.8 Å². The molecule has 1 heterocycles. The van der Waals surface area contributed by atoms with Crippen molar-refractivity contribution in [2.75, 3.05) is 0 Å². The van der Waals surface area contributed by atoms with Gasteiger partial charge in [-0.2, -0.15) is 0 Å². The van der Waals surface area contributed by atoms with Gasteiger partial charge in [0.25, 0.3) is 12.3 Å². The molecule has 0 aromatic carbocycles. The van der Waals surface area contributed by atoms with Crippen LogP contribution in [0.4, 0.5) is 8.78 Å². The van der Waals surface area contributed by atoms with Crippen molar-refractivity contribution in [3.8, 4) is 0 Å². The van der Waals surface area contributed by atoms with Gasteiger partial charge in [-0.15, -0.1) is 10.2 Å². The van der Waals surface area contributed by atoms with Crippen LogP contribution < -0.4 is 5.32 Å². The second-order valence-corrected chi connectivity index (χ2v) is 4.83. The van der Waals surface area contributed by atoms with E-state index in [1.165, 1.54) is 0 Å². The highest BCUT2D eigenvalue weighted by atomic mass is 35.5. The Morgan fingerprint density at radius 1 is 1.53 bits per heavy atom. The number of halogens is 3. The first-order valence-corrected chi connectivity index (χ1v) is 5.33. The Labute approximate surface area is 92.6 Å². The number of alkyl halides is 2. The lowest BCUT2D eigenvalue weighted by Crippen LogP contribution is -2.42. The topological polar surface area (TPSA) is 54.9 Å². The largest absolute Gasteiger partial charge is 0.339 e. The van der Waals surface area contributed by atoms with E-state index in [0.717, 1.165) is 11.3 Å². The third-order valence-corrected chi connectivity index (χ3v) is 3.18. The van der Waals surface area contributed by atoms with Gasteiger partial charge in [-0.1, -0.05) is 11.3 Å². The molecule has 0 radical (unpaired) electrons. The fourth-order valence-electron chi connectivity index (χ4n) is 1.11. The quantitative estimate of drug-likeness (QED) is 0.892. The van der Waals surface area contributed by atoms with Crippen LogP contribution in [0.15, 0.2) is 0 Å². The van der Waals surface area contributed by atoms with Crippen molar-refractivity contribution in [3.05, 3.63) is 9.47 Å². The average molecular weight is 254 g/mol. The van der Waals surface area contributed by atoms with Gasteiger partial charge in [-0.25, -0.2) is 8.78 Å². The molecule has 0 aliphatic heterocycles. The first kappa shape index (κ1) is 10.7. The first-order valence-electron chi connectivity index (χ1n) is 4.13. The minimum absolute atomic E-state index is 0.00641. The molecule has 1 saturated carbocycles. The van der Waals surface area contributed by atoms with Crippen molar-refractivity contribution in [2.24, 2.45) is 0 Å². The van der Waals surface area contributed by atoms with Gasteiger partial charge in [-0.3, -0.25) is 4.79 Å². The van der Waals surface area contributed by atoms with E-state index in [9.17, 15) is 13.6 Å². The summed E-state index contributed by atoms with van der Waals surface area (Å²) in [7, 11) is 0. The van der Waals surface area contributed by atoms with E-state index in [2.05, 4.69) is 15.5 Å². The molecule has 1 aliphatic carbocycles.